The van der Waals surface area contributed by atoms with Crippen molar-refractivity contribution in [2.45, 2.75) is 25.9 Å². The summed E-state index contributed by atoms with van der Waals surface area (Å²) < 4.78 is 9.61. The maximum atomic E-state index is 10.5. The Labute approximate surface area is 125 Å². The first-order valence-electron chi connectivity index (χ1n) is 6.37. The molecule has 0 spiro atoms. The molecule has 2 heterocycles. The molecule has 3 aromatic rings. The average molecular weight is 309 g/mol. The molecular weight excluding hydrogens is 296 g/mol. The van der Waals surface area contributed by atoms with E-state index in [0.29, 0.717) is 16.4 Å². The number of aryl methyl sites for hydroxylation is 1. The molecule has 20 heavy (non-hydrogen) atoms. The van der Waals surface area contributed by atoms with Crippen LogP contribution in [0.25, 0.3) is 11.0 Å². The molecule has 1 aromatic carbocycles. The Balaban J connectivity index is 1.99. The van der Waals surface area contributed by atoms with Crippen LogP contribution in [0.15, 0.2) is 28.7 Å². The quantitative estimate of drug-likeness (QED) is 0.792. The summed E-state index contributed by atoms with van der Waals surface area (Å²) in [6, 6.07) is 7.18. The SMILES string of the molecule is CCCc1nnsc1C(O)c1cc2cc(Cl)ccc2o1. The Bertz CT molecular complexity index is 738. The number of hydrogen-bond donors (Lipinski definition) is 1. The van der Waals surface area contributed by atoms with Gasteiger partial charge in [0.25, 0.3) is 0 Å². The van der Waals surface area contributed by atoms with Crippen molar-refractivity contribution in [2.24, 2.45) is 0 Å². The molecule has 0 aliphatic heterocycles. The van der Waals surface area contributed by atoms with Crippen molar-refractivity contribution in [2.75, 3.05) is 0 Å². The van der Waals surface area contributed by atoms with Crippen molar-refractivity contribution in [3.05, 3.63) is 45.6 Å². The van der Waals surface area contributed by atoms with Crippen molar-refractivity contribution in [3.63, 3.8) is 0 Å². The van der Waals surface area contributed by atoms with Gasteiger partial charge in [-0.1, -0.05) is 29.4 Å². The highest BCUT2D eigenvalue weighted by molar-refractivity contribution is 7.05. The minimum absolute atomic E-state index is 0.491. The highest BCUT2D eigenvalue weighted by Crippen LogP contribution is 2.32. The van der Waals surface area contributed by atoms with Gasteiger partial charge in [0.1, 0.15) is 17.4 Å². The van der Waals surface area contributed by atoms with Gasteiger partial charge in [0.15, 0.2) is 0 Å². The first-order valence-corrected chi connectivity index (χ1v) is 7.52. The summed E-state index contributed by atoms with van der Waals surface area (Å²) in [6.45, 7) is 2.07. The average Bonchev–Trinajstić information content (AvgIpc) is 3.04. The molecule has 0 amide bonds. The normalized spacial score (nSPS) is 12.9. The summed E-state index contributed by atoms with van der Waals surface area (Å²) in [5, 5.41) is 16.0. The van der Waals surface area contributed by atoms with Gasteiger partial charge in [-0.3, -0.25) is 0 Å². The number of benzene rings is 1. The van der Waals surface area contributed by atoms with Gasteiger partial charge in [0.05, 0.1) is 10.6 Å². The summed E-state index contributed by atoms with van der Waals surface area (Å²) in [4.78, 5) is 0.747. The van der Waals surface area contributed by atoms with Gasteiger partial charge in [-0.15, -0.1) is 5.10 Å². The van der Waals surface area contributed by atoms with Gasteiger partial charge in [0.2, 0.25) is 0 Å². The van der Waals surface area contributed by atoms with Crippen molar-refractivity contribution >= 4 is 34.1 Å². The zero-order chi connectivity index (χ0) is 14.1. The second kappa shape index (κ2) is 5.52. The zero-order valence-corrected chi connectivity index (χ0v) is 12.4. The molecule has 0 radical (unpaired) electrons. The van der Waals surface area contributed by atoms with Crippen LogP contribution in [-0.2, 0) is 6.42 Å². The predicted molar refractivity (Wildman–Crippen MR) is 79.2 cm³/mol. The number of nitrogens with zero attached hydrogens (tertiary/aromatic N) is 2. The largest absolute Gasteiger partial charge is 0.458 e. The van der Waals surface area contributed by atoms with Gasteiger partial charge in [-0.2, -0.15) is 0 Å². The second-order valence-electron chi connectivity index (χ2n) is 4.57. The van der Waals surface area contributed by atoms with E-state index in [2.05, 4.69) is 16.5 Å². The van der Waals surface area contributed by atoms with Crippen LogP contribution in [0.2, 0.25) is 5.02 Å². The standard InChI is InChI=1S/C14H13ClN2O2S/c1-2-3-10-14(20-17-16-10)13(18)12-7-8-6-9(15)4-5-11(8)19-12/h4-7,13,18H,2-3H2,1H3. The molecule has 3 rings (SSSR count). The fourth-order valence-electron chi connectivity index (χ4n) is 2.13. The minimum Gasteiger partial charge on any atom is -0.458 e. The highest BCUT2D eigenvalue weighted by Gasteiger charge is 2.21. The van der Waals surface area contributed by atoms with E-state index < -0.39 is 6.10 Å². The predicted octanol–water partition coefficient (Wildman–Crippen LogP) is 3.97. The number of hydrogen-bond acceptors (Lipinski definition) is 5. The first-order chi connectivity index (χ1) is 9.69. The Morgan fingerprint density at radius 2 is 2.25 bits per heavy atom. The van der Waals surface area contributed by atoms with Crippen LogP contribution < -0.4 is 0 Å². The maximum absolute atomic E-state index is 10.5. The number of aliphatic hydroxyl groups is 1. The van der Waals surface area contributed by atoms with Gasteiger partial charge in [0, 0.05) is 10.4 Å². The number of rotatable bonds is 4. The molecule has 6 heteroatoms. The lowest BCUT2D eigenvalue weighted by Crippen LogP contribution is -2.00. The van der Waals surface area contributed by atoms with E-state index in [1.165, 1.54) is 11.5 Å². The van der Waals surface area contributed by atoms with Crippen LogP contribution in [0.5, 0.6) is 0 Å². The lowest BCUT2D eigenvalue weighted by molar-refractivity contribution is 0.194. The maximum Gasteiger partial charge on any atom is 0.149 e. The summed E-state index contributed by atoms with van der Waals surface area (Å²) in [5.41, 5.74) is 1.54. The third-order valence-corrected chi connectivity index (χ3v) is 4.14. The number of aromatic nitrogens is 2. The lowest BCUT2D eigenvalue weighted by atomic mass is 10.1. The van der Waals surface area contributed by atoms with Crippen LogP contribution >= 0.6 is 23.1 Å². The second-order valence-corrected chi connectivity index (χ2v) is 5.79. The van der Waals surface area contributed by atoms with Gasteiger partial charge in [-0.25, -0.2) is 0 Å². The van der Waals surface area contributed by atoms with Gasteiger partial charge >= 0.3 is 0 Å². The highest BCUT2D eigenvalue weighted by atomic mass is 35.5. The summed E-state index contributed by atoms with van der Waals surface area (Å²) in [5.74, 6) is 0.491. The summed E-state index contributed by atoms with van der Waals surface area (Å²) >= 11 is 7.16. The minimum atomic E-state index is -0.831. The molecule has 0 bridgehead atoms. The first kappa shape index (κ1) is 13.5. The molecule has 0 fully saturated rings. The van der Waals surface area contributed by atoms with E-state index in [-0.39, 0.29) is 0 Å². The molecule has 0 aliphatic rings. The van der Waals surface area contributed by atoms with Gasteiger partial charge < -0.3 is 9.52 Å². The number of halogens is 1. The molecule has 2 aromatic heterocycles. The molecule has 0 saturated carbocycles. The molecule has 1 unspecified atom stereocenters. The van der Waals surface area contributed by atoms with Crippen LogP contribution in [0.3, 0.4) is 0 Å². The van der Waals surface area contributed by atoms with E-state index in [1.807, 2.05) is 6.07 Å². The molecule has 4 nitrogen and oxygen atoms in total. The Hall–Kier alpha value is -1.43. The smallest absolute Gasteiger partial charge is 0.149 e. The van der Waals surface area contributed by atoms with Gasteiger partial charge in [-0.05, 0) is 42.2 Å². The van der Waals surface area contributed by atoms with E-state index in [9.17, 15) is 5.11 Å². The van der Waals surface area contributed by atoms with Crippen LogP contribution in [-0.4, -0.2) is 14.7 Å². The molecule has 0 aliphatic carbocycles. The van der Waals surface area contributed by atoms with Crippen molar-refractivity contribution in [1.82, 2.24) is 9.59 Å². The summed E-state index contributed by atoms with van der Waals surface area (Å²) in [7, 11) is 0. The van der Waals surface area contributed by atoms with Crippen LogP contribution in [0.1, 0.15) is 35.8 Å². The Kier molecular flexibility index (Phi) is 3.74. The Morgan fingerprint density at radius 3 is 3.05 bits per heavy atom. The van der Waals surface area contributed by atoms with E-state index >= 15 is 0 Å². The van der Waals surface area contributed by atoms with Crippen molar-refractivity contribution < 1.29 is 9.52 Å². The summed E-state index contributed by atoms with van der Waals surface area (Å²) in [6.07, 6.45) is 0.929. The fraction of sp³-hybridized carbons (Fsp3) is 0.286. The fourth-order valence-corrected chi connectivity index (χ4v) is 3.00. The molecule has 1 N–H and O–H groups in total. The lowest BCUT2D eigenvalue weighted by Gasteiger charge is -2.05. The molecule has 0 saturated heterocycles. The third-order valence-electron chi connectivity index (χ3n) is 3.09. The van der Waals surface area contributed by atoms with Crippen LogP contribution in [0, 0.1) is 0 Å². The van der Waals surface area contributed by atoms with E-state index in [0.717, 1.165) is 28.8 Å². The number of furan rings is 1. The zero-order valence-electron chi connectivity index (χ0n) is 10.8. The Morgan fingerprint density at radius 1 is 1.40 bits per heavy atom. The third kappa shape index (κ3) is 2.44. The molecule has 1 atom stereocenters. The number of fused-ring (bicyclic) bond motifs is 1. The number of aliphatic hydroxyl groups excluding tert-OH is 1. The topological polar surface area (TPSA) is 59.2 Å². The molecular formula is C14H13ClN2O2S. The van der Waals surface area contributed by atoms with Crippen LogP contribution in [0.4, 0.5) is 0 Å². The van der Waals surface area contributed by atoms with Crippen molar-refractivity contribution in [3.8, 4) is 0 Å². The monoisotopic (exact) mass is 308 g/mol. The van der Waals surface area contributed by atoms with E-state index in [1.54, 1.807) is 18.2 Å². The van der Waals surface area contributed by atoms with Crippen molar-refractivity contribution in [1.29, 1.82) is 0 Å². The molecule has 104 valence electrons. The van der Waals surface area contributed by atoms with E-state index in [4.69, 9.17) is 16.0 Å².